The van der Waals surface area contributed by atoms with Gasteiger partial charge in [0.25, 0.3) is 5.69 Å². The van der Waals surface area contributed by atoms with Crippen LogP contribution in [0.2, 0.25) is 0 Å². The van der Waals surface area contributed by atoms with E-state index in [9.17, 15) is 28.4 Å². The summed E-state index contributed by atoms with van der Waals surface area (Å²) >= 11 is 0. The van der Waals surface area contributed by atoms with Crippen LogP contribution in [-0.4, -0.2) is 59.6 Å². The molecule has 2 aromatic rings. The average molecular weight is 419 g/mol. The fourth-order valence-electron chi connectivity index (χ4n) is 3.26. The molecule has 0 radical (unpaired) electrons. The van der Waals surface area contributed by atoms with E-state index in [0.717, 1.165) is 0 Å². The Hall–Kier alpha value is -2.82. The number of ketones is 1. The lowest BCUT2D eigenvalue weighted by atomic mass is 10.1. The zero-order chi connectivity index (χ0) is 21.2. The van der Waals surface area contributed by atoms with Crippen molar-refractivity contribution in [2.24, 2.45) is 0 Å². The smallest absolute Gasteiger partial charge is 0.274 e. The number of phenols is 1. The average Bonchev–Trinajstić information content (AvgIpc) is 2.68. The maximum atomic E-state index is 12.8. The molecular weight excluding hydrogens is 398 g/mol. The number of phenolic OH excluding ortho intramolecular Hbond substituents is 1. The van der Waals surface area contributed by atoms with Gasteiger partial charge in [0.05, 0.1) is 9.82 Å². The van der Waals surface area contributed by atoms with Crippen LogP contribution in [0.3, 0.4) is 0 Å². The zero-order valence-corrected chi connectivity index (χ0v) is 16.6. The summed E-state index contributed by atoms with van der Waals surface area (Å²) in [6.07, 6.45) is 0. The van der Waals surface area contributed by atoms with Gasteiger partial charge in [-0.05, 0) is 31.2 Å². The maximum absolute atomic E-state index is 12.8. The van der Waals surface area contributed by atoms with Crippen molar-refractivity contribution in [1.82, 2.24) is 9.21 Å². The van der Waals surface area contributed by atoms with Crippen LogP contribution in [-0.2, 0) is 16.6 Å². The number of nitro benzene ring substituents is 1. The van der Waals surface area contributed by atoms with E-state index in [0.29, 0.717) is 24.2 Å². The second-order valence-corrected chi connectivity index (χ2v) is 8.77. The maximum Gasteiger partial charge on any atom is 0.274 e. The fraction of sp³-hybridized carbons (Fsp3) is 0.316. The van der Waals surface area contributed by atoms with Crippen LogP contribution < -0.4 is 0 Å². The van der Waals surface area contributed by atoms with Crippen LogP contribution in [0.4, 0.5) is 5.69 Å². The molecule has 154 valence electrons. The summed E-state index contributed by atoms with van der Waals surface area (Å²) in [6, 6.07) is 9.72. The van der Waals surface area contributed by atoms with E-state index in [1.54, 1.807) is 0 Å². The van der Waals surface area contributed by atoms with Gasteiger partial charge >= 0.3 is 0 Å². The Morgan fingerprint density at radius 2 is 1.72 bits per heavy atom. The van der Waals surface area contributed by atoms with Gasteiger partial charge in [-0.2, -0.15) is 4.31 Å². The summed E-state index contributed by atoms with van der Waals surface area (Å²) in [4.78, 5) is 24.1. The second-order valence-electron chi connectivity index (χ2n) is 6.83. The second kappa shape index (κ2) is 8.27. The first-order valence-electron chi connectivity index (χ1n) is 8.98. The number of sulfonamides is 1. The monoisotopic (exact) mass is 419 g/mol. The highest BCUT2D eigenvalue weighted by molar-refractivity contribution is 7.89. The van der Waals surface area contributed by atoms with Crippen molar-refractivity contribution in [3.05, 3.63) is 63.7 Å². The summed E-state index contributed by atoms with van der Waals surface area (Å²) in [5.74, 6) is -0.190. The van der Waals surface area contributed by atoms with Gasteiger partial charge in [-0.15, -0.1) is 0 Å². The molecule has 1 fully saturated rings. The Morgan fingerprint density at radius 3 is 2.28 bits per heavy atom. The highest BCUT2D eigenvalue weighted by atomic mass is 32.2. The minimum Gasteiger partial charge on any atom is -0.508 e. The van der Waals surface area contributed by atoms with Crippen LogP contribution >= 0.6 is 0 Å². The third kappa shape index (κ3) is 4.61. The Bertz CT molecular complexity index is 1030. The predicted molar refractivity (Wildman–Crippen MR) is 105 cm³/mol. The molecule has 1 heterocycles. The van der Waals surface area contributed by atoms with Crippen molar-refractivity contribution in [1.29, 1.82) is 0 Å². The van der Waals surface area contributed by atoms with E-state index in [4.69, 9.17) is 0 Å². The molecule has 1 aliphatic heterocycles. The molecule has 0 unspecified atom stereocenters. The molecule has 29 heavy (non-hydrogen) atoms. The Kier molecular flexibility index (Phi) is 5.96. The summed E-state index contributed by atoms with van der Waals surface area (Å²) in [7, 11) is -3.68. The zero-order valence-electron chi connectivity index (χ0n) is 15.8. The number of hydrogen-bond donors (Lipinski definition) is 1. The van der Waals surface area contributed by atoms with Crippen LogP contribution in [0.5, 0.6) is 5.75 Å². The molecule has 0 aromatic heterocycles. The van der Waals surface area contributed by atoms with Crippen LogP contribution in [0.25, 0.3) is 0 Å². The normalized spacial score (nSPS) is 15.9. The van der Waals surface area contributed by atoms with Crippen molar-refractivity contribution >= 4 is 21.5 Å². The third-order valence-electron chi connectivity index (χ3n) is 4.88. The van der Waals surface area contributed by atoms with Crippen LogP contribution in [0.15, 0.2) is 47.4 Å². The minimum atomic E-state index is -3.68. The van der Waals surface area contributed by atoms with Gasteiger partial charge < -0.3 is 5.11 Å². The van der Waals surface area contributed by atoms with Crippen LogP contribution in [0.1, 0.15) is 22.8 Å². The highest BCUT2D eigenvalue weighted by Crippen LogP contribution is 2.26. The van der Waals surface area contributed by atoms with E-state index >= 15 is 0 Å². The number of nitrogens with zero attached hydrogens (tertiary/aromatic N) is 3. The lowest BCUT2D eigenvalue weighted by Crippen LogP contribution is -2.48. The number of benzene rings is 2. The van der Waals surface area contributed by atoms with Crippen molar-refractivity contribution in [2.45, 2.75) is 18.4 Å². The number of rotatable bonds is 6. The molecule has 9 nitrogen and oxygen atoms in total. The molecule has 2 aromatic carbocycles. The van der Waals surface area contributed by atoms with Gasteiger partial charge in [0.1, 0.15) is 5.75 Å². The number of carbonyl (C=O) groups excluding carboxylic acids is 1. The minimum absolute atomic E-state index is 0.0548. The standard InChI is InChI=1S/C19H21N3O6S/c1-14(23)15-2-5-18(6-3-15)29(27,28)21-10-8-20(9-11-21)13-16-12-17(24)4-7-19(16)22(25)26/h2-7,12,24H,8-11,13H2,1H3. The van der Waals surface area contributed by atoms with Crippen molar-refractivity contribution < 1.29 is 23.2 Å². The molecule has 1 saturated heterocycles. The molecule has 1 N–H and O–H groups in total. The highest BCUT2D eigenvalue weighted by Gasteiger charge is 2.29. The first kappa shape index (κ1) is 20.9. The molecule has 0 saturated carbocycles. The van der Waals surface area contributed by atoms with E-state index in [-0.39, 0.29) is 41.7 Å². The van der Waals surface area contributed by atoms with Crippen LogP contribution in [0, 0.1) is 10.1 Å². The third-order valence-corrected chi connectivity index (χ3v) is 6.80. The molecule has 0 amide bonds. The molecule has 0 spiro atoms. The number of aromatic hydroxyl groups is 1. The number of piperazine rings is 1. The number of nitro groups is 1. The van der Waals surface area contributed by atoms with Gasteiger partial charge in [0.15, 0.2) is 5.78 Å². The first-order chi connectivity index (χ1) is 13.7. The SMILES string of the molecule is CC(=O)c1ccc(S(=O)(=O)N2CCN(Cc3cc(O)ccc3[N+](=O)[O-])CC2)cc1. The summed E-state index contributed by atoms with van der Waals surface area (Å²) in [6.45, 7) is 2.94. The van der Waals surface area contributed by atoms with Gasteiger partial charge in [-0.3, -0.25) is 19.8 Å². The number of hydrogen-bond acceptors (Lipinski definition) is 7. The predicted octanol–water partition coefficient (Wildman–Crippen LogP) is 2.01. The van der Waals surface area contributed by atoms with E-state index < -0.39 is 14.9 Å². The lowest BCUT2D eigenvalue weighted by Gasteiger charge is -2.33. The van der Waals surface area contributed by atoms with Crippen molar-refractivity contribution in [3.63, 3.8) is 0 Å². The molecular formula is C19H21N3O6S. The molecule has 3 rings (SSSR count). The Labute approximate surface area is 168 Å². The molecule has 0 aliphatic carbocycles. The van der Waals surface area contributed by atoms with E-state index in [2.05, 4.69) is 0 Å². The summed E-state index contributed by atoms with van der Waals surface area (Å²) < 4.78 is 27.0. The molecule has 0 atom stereocenters. The van der Waals surface area contributed by atoms with E-state index in [1.807, 2.05) is 4.90 Å². The van der Waals surface area contributed by atoms with Gasteiger partial charge in [0.2, 0.25) is 10.0 Å². The lowest BCUT2D eigenvalue weighted by molar-refractivity contribution is -0.385. The molecule has 10 heteroatoms. The molecule has 1 aliphatic rings. The van der Waals surface area contributed by atoms with Crippen molar-refractivity contribution in [3.8, 4) is 5.75 Å². The first-order valence-corrected chi connectivity index (χ1v) is 10.4. The topological polar surface area (TPSA) is 121 Å². The number of Topliss-reactive ketones (excluding diaryl/α,β-unsaturated/α-hetero) is 1. The number of carbonyl (C=O) groups is 1. The summed E-state index contributed by atoms with van der Waals surface area (Å²) in [5.41, 5.74) is 0.746. The fourth-order valence-corrected chi connectivity index (χ4v) is 4.68. The quantitative estimate of drug-likeness (QED) is 0.432. The van der Waals surface area contributed by atoms with Gasteiger partial charge in [0, 0.05) is 49.9 Å². The molecule has 0 bridgehead atoms. The Balaban J connectivity index is 1.68. The van der Waals surface area contributed by atoms with Gasteiger partial charge in [-0.1, -0.05) is 12.1 Å². The van der Waals surface area contributed by atoms with Gasteiger partial charge in [-0.25, -0.2) is 8.42 Å². The Morgan fingerprint density at radius 1 is 1.10 bits per heavy atom. The van der Waals surface area contributed by atoms with E-state index in [1.165, 1.54) is 53.7 Å². The van der Waals surface area contributed by atoms with Crippen molar-refractivity contribution in [2.75, 3.05) is 26.2 Å². The largest absolute Gasteiger partial charge is 0.508 e. The summed E-state index contributed by atoms with van der Waals surface area (Å²) in [5, 5.41) is 20.8.